The zero-order valence-electron chi connectivity index (χ0n) is 18.5. The fraction of sp³-hybridized carbons (Fsp3) is 0.409. The summed E-state index contributed by atoms with van der Waals surface area (Å²) in [7, 11) is -1.87. The molecule has 1 N–H and O–H groups in total. The van der Waals surface area contributed by atoms with Crippen molar-refractivity contribution in [2.24, 2.45) is 0 Å². The van der Waals surface area contributed by atoms with Crippen LogP contribution in [-0.2, 0) is 21.4 Å². The van der Waals surface area contributed by atoms with E-state index in [2.05, 4.69) is 5.32 Å². The van der Waals surface area contributed by atoms with Crippen LogP contribution in [0.5, 0.6) is 17.2 Å². The van der Waals surface area contributed by atoms with Crippen LogP contribution in [0.2, 0.25) is 0 Å². The Labute approximate surface area is 184 Å². The first-order chi connectivity index (χ1) is 14.7. The van der Waals surface area contributed by atoms with Crippen molar-refractivity contribution in [1.82, 2.24) is 5.32 Å². The average molecular weight is 451 g/mol. The molecule has 0 bridgehead atoms. The van der Waals surface area contributed by atoms with Crippen LogP contribution in [0, 0.1) is 0 Å². The third kappa shape index (κ3) is 7.06. The summed E-state index contributed by atoms with van der Waals surface area (Å²) in [6.45, 7) is 6.82. The van der Waals surface area contributed by atoms with Crippen molar-refractivity contribution in [2.45, 2.75) is 33.4 Å². The Bertz CT molecular complexity index is 976. The summed E-state index contributed by atoms with van der Waals surface area (Å²) < 4.78 is 41.2. The lowest BCUT2D eigenvalue weighted by Crippen LogP contribution is -2.35. The molecular formula is C22H30N2O6S. The Morgan fingerprint density at radius 3 is 2.23 bits per heavy atom. The summed E-state index contributed by atoms with van der Waals surface area (Å²) >= 11 is 0. The van der Waals surface area contributed by atoms with Gasteiger partial charge < -0.3 is 19.5 Å². The van der Waals surface area contributed by atoms with Crippen LogP contribution >= 0.6 is 0 Å². The van der Waals surface area contributed by atoms with Gasteiger partial charge in [0.05, 0.1) is 25.2 Å². The predicted molar refractivity (Wildman–Crippen MR) is 120 cm³/mol. The average Bonchev–Trinajstić information content (AvgIpc) is 2.73. The van der Waals surface area contributed by atoms with Crippen molar-refractivity contribution in [2.75, 3.05) is 30.8 Å². The van der Waals surface area contributed by atoms with Gasteiger partial charge in [-0.25, -0.2) is 8.42 Å². The van der Waals surface area contributed by atoms with Crippen LogP contribution in [0.4, 0.5) is 5.69 Å². The highest BCUT2D eigenvalue weighted by Crippen LogP contribution is 2.28. The highest BCUT2D eigenvalue weighted by atomic mass is 32.2. The Morgan fingerprint density at radius 1 is 1.03 bits per heavy atom. The molecule has 31 heavy (non-hydrogen) atoms. The van der Waals surface area contributed by atoms with Crippen LogP contribution in [0.15, 0.2) is 42.5 Å². The lowest BCUT2D eigenvalue weighted by atomic mass is 10.2. The third-order valence-corrected chi connectivity index (χ3v) is 5.66. The first-order valence-electron chi connectivity index (χ1n) is 10.0. The number of carbonyl (C=O) groups is 1. The molecule has 0 saturated heterocycles. The van der Waals surface area contributed by atoms with Gasteiger partial charge >= 0.3 is 0 Å². The maximum absolute atomic E-state index is 12.4. The topological polar surface area (TPSA) is 94.2 Å². The van der Waals surface area contributed by atoms with Crippen LogP contribution < -0.4 is 23.8 Å². The number of carbonyl (C=O) groups excluding carboxylic acids is 1. The van der Waals surface area contributed by atoms with Crippen molar-refractivity contribution in [3.05, 3.63) is 48.0 Å². The number of amides is 1. The van der Waals surface area contributed by atoms with Crippen LogP contribution in [0.25, 0.3) is 0 Å². The first-order valence-corrected chi connectivity index (χ1v) is 11.9. The smallest absolute Gasteiger partial charge is 0.261 e. The Morgan fingerprint density at radius 2 is 1.65 bits per heavy atom. The van der Waals surface area contributed by atoms with Gasteiger partial charge in [-0.2, -0.15) is 0 Å². The van der Waals surface area contributed by atoms with Gasteiger partial charge in [-0.1, -0.05) is 6.07 Å². The van der Waals surface area contributed by atoms with Crippen LogP contribution in [0.3, 0.4) is 0 Å². The van der Waals surface area contributed by atoms with Gasteiger partial charge in [0.15, 0.2) is 17.6 Å². The molecule has 1 unspecified atom stereocenters. The molecule has 0 heterocycles. The van der Waals surface area contributed by atoms with Gasteiger partial charge in [0, 0.05) is 13.6 Å². The molecule has 1 amide bonds. The molecule has 0 aliphatic rings. The zero-order chi connectivity index (χ0) is 23.0. The number of sulfonamides is 1. The summed E-state index contributed by atoms with van der Waals surface area (Å²) in [5.74, 6) is 1.50. The van der Waals surface area contributed by atoms with Crippen LogP contribution in [-0.4, -0.2) is 46.9 Å². The summed E-state index contributed by atoms with van der Waals surface area (Å²) in [6.07, 6.45) is 0.401. The molecule has 0 fully saturated rings. The molecule has 8 nitrogen and oxygen atoms in total. The van der Waals surface area contributed by atoms with Crippen molar-refractivity contribution < 1.29 is 27.4 Å². The van der Waals surface area contributed by atoms with Gasteiger partial charge in [0.2, 0.25) is 10.0 Å². The Kier molecular flexibility index (Phi) is 8.56. The highest BCUT2D eigenvalue weighted by molar-refractivity contribution is 7.92. The minimum Gasteiger partial charge on any atom is -0.490 e. The molecular weight excluding hydrogens is 420 g/mol. The van der Waals surface area contributed by atoms with E-state index >= 15 is 0 Å². The fourth-order valence-electron chi connectivity index (χ4n) is 2.72. The molecule has 170 valence electrons. The molecule has 0 saturated carbocycles. The molecule has 9 heteroatoms. The number of hydrogen-bond acceptors (Lipinski definition) is 6. The van der Waals surface area contributed by atoms with E-state index in [1.165, 1.54) is 11.4 Å². The Balaban J connectivity index is 1.95. The van der Waals surface area contributed by atoms with Gasteiger partial charge in [-0.15, -0.1) is 0 Å². The summed E-state index contributed by atoms with van der Waals surface area (Å²) in [5.41, 5.74) is 1.38. The lowest BCUT2D eigenvalue weighted by molar-refractivity contribution is -0.127. The lowest BCUT2D eigenvalue weighted by Gasteiger charge is -2.18. The van der Waals surface area contributed by atoms with E-state index < -0.39 is 16.1 Å². The maximum Gasteiger partial charge on any atom is 0.261 e. The normalized spacial score (nSPS) is 12.0. The van der Waals surface area contributed by atoms with E-state index in [4.69, 9.17) is 14.2 Å². The van der Waals surface area contributed by atoms with Gasteiger partial charge in [0.25, 0.3) is 5.91 Å². The summed E-state index contributed by atoms with van der Waals surface area (Å²) in [6, 6.07) is 12.0. The number of anilines is 1. The van der Waals surface area contributed by atoms with E-state index in [-0.39, 0.29) is 5.91 Å². The molecule has 2 aromatic carbocycles. The summed E-state index contributed by atoms with van der Waals surface area (Å²) in [5, 5.41) is 2.84. The minimum atomic E-state index is -3.34. The molecule has 0 aliphatic carbocycles. The SMILES string of the molecule is CCOc1ccc(CNC(=O)C(C)Oc2ccc(N(C)S(C)(=O)=O)cc2)cc1OCC. The maximum atomic E-state index is 12.4. The van der Waals surface area contributed by atoms with Gasteiger partial charge in [-0.3, -0.25) is 9.10 Å². The van der Waals surface area contributed by atoms with Crippen molar-refractivity contribution in [1.29, 1.82) is 0 Å². The highest BCUT2D eigenvalue weighted by Gasteiger charge is 2.16. The van der Waals surface area contributed by atoms with E-state index in [1.54, 1.807) is 31.2 Å². The predicted octanol–water partition coefficient (Wildman–Crippen LogP) is 2.96. The van der Waals surface area contributed by atoms with Crippen molar-refractivity contribution in [3.8, 4) is 17.2 Å². The molecule has 1 atom stereocenters. The molecule has 2 aromatic rings. The van der Waals surface area contributed by atoms with E-state index in [0.29, 0.717) is 42.7 Å². The number of ether oxygens (including phenoxy) is 3. The zero-order valence-corrected chi connectivity index (χ0v) is 19.4. The molecule has 0 spiro atoms. The standard InChI is InChI=1S/C22H30N2O6S/c1-6-28-20-13-8-17(14-21(20)29-7-2)15-23-22(25)16(3)30-19-11-9-18(10-12-19)24(4)31(5,26)27/h8-14,16H,6-7,15H2,1-5H3,(H,23,25). The molecule has 2 rings (SSSR count). The largest absolute Gasteiger partial charge is 0.490 e. The first kappa shape index (κ1) is 24.3. The third-order valence-electron chi connectivity index (χ3n) is 4.45. The van der Waals surface area contributed by atoms with Gasteiger partial charge in [0.1, 0.15) is 5.75 Å². The number of benzene rings is 2. The second-order valence-electron chi connectivity index (χ2n) is 6.85. The number of rotatable bonds is 11. The van der Waals surface area contributed by atoms with Crippen molar-refractivity contribution in [3.63, 3.8) is 0 Å². The molecule has 0 aliphatic heterocycles. The number of hydrogen-bond donors (Lipinski definition) is 1. The van der Waals surface area contributed by atoms with Crippen LogP contribution in [0.1, 0.15) is 26.3 Å². The van der Waals surface area contributed by atoms with Crippen molar-refractivity contribution >= 4 is 21.6 Å². The number of nitrogens with zero attached hydrogens (tertiary/aromatic N) is 1. The van der Waals surface area contributed by atoms with E-state index in [1.807, 2.05) is 32.0 Å². The second kappa shape index (κ2) is 10.9. The molecule has 0 radical (unpaired) electrons. The summed E-state index contributed by atoms with van der Waals surface area (Å²) in [4.78, 5) is 12.4. The number of nitrogens with one attached hydrogen (secondary N) is 1. The minimum absolute atomic E-state index is 0.274. The monoisotopic (exact) mass is 450 g/mol. The molecule has 0 aromatic heterocycles. The van der Waals surface area contributed by atoms with E-state index in [0.717, 1.165) is 11.8 Å². The van der Waals surface area contributed by atoms with Gasteiger partial charge in [-0.05, 0) is 62.7 Å². The fourth-order valence-corrected chi connectivity index (χ4v) is 3.23. The quantitative estimate of drug-likeness (QED) is 0.566. The Hall–Kier alpha value is -2.94. The second-order valence-corrected chi connectivity index (χ2v) is 8.86. The van der Waals surface area contributed by atoms with E-state index in [9.17, 15) is 13.2 Å².